The second-order valence-electron chi connectivity index (χ2n) is 6.48. The van der Waals surface area contributed by atoms with Crippen LogP contribution in [0.25, 0.3) is 10.9 Å². The van der Waals surface area contributed by atoms with Crippen molar-refractivity contribution in [2.45, 2.75) is 12.5 Å². The van der Waals surface area contributed by atoms with Crippen LogP contribution in [0.15, 0.2) is 60.2 Å². The third-order valence-corrected chi connectivity index (χ3v) is 5.29. The minimum atomic E-state index is -0.648. The lowest BCUT2D eigenvalue weighted by Gasteiger charge is -2.16. The van der Waals surface area contributed by atoms with Crippen molar-refractivity contribution in [1.29, 1.82) is 5.26 Å². The van der Waals surface area contributed by atoms with Gasteiger partial charge in [0.05, 0.1) is 11.7 Å². The molecular weight excluding hydrogens is 398 g/mol. The zero-order valence-corrected chi connectivity index (χ0v) is 16.6. The summed E-state index contributed by atoms with van der Waals surface area (Å²) in [5.74, 6) is 0.135. The van der Waals surface area contributed by atoms with Crippen molar-refractivity contribution >= 4 is 45.5 Å². The average molecular weight is 415 g/mol. The normalized spacial score (nSPS) is 11.6. The van der Waals surface area contributed by atoms with E-state index in [1.165, 1.54) is 6.20 Å². The molecule has 0 aliphatic rings. The van der Waals surface area contributed by atoms with E-state index in [0.29, 0.717) is 12.2 Å². The van der Waals surface area contributed by atoms with Gasteiger partial charge in [-0.05, 0) is 35.7 Å². The highest BCUT2D eigenvalue weighted by Crippen LogP contribution is 2.23. The predicted octanol–water partition coefficient (Wildman–Crippen LogP) is 3.21. The molecule has 1 atom stereocenters. The molecule has 0 bridgehead atoms. The summed E-state index contributed by atoms with van der Waals surface area (Å²) >= 11 is 1.55. The lowest BCUT2D eigenvalue weighted by molar-refractivity contribution is -0.118. The molecule has 1 aromatic carbocycles. The van der Waals surface area contributed by atoms with E-state index < -0.39 is 11.9 Å². The number of nitrogens with zero attached hydrogens (tertiary/aromatic N) is 4. The molecule has 9 heteroatoms. The molecule has 3 aromatic heterocycles. The summed E-state index contributed by atoms with van der Waals surface area (Å²) in [4.78, 5) is 25.8. The van der Waals surface area contributed by atoms with Crippen molar-refractivity contribution in [3.8, 4) is 6.07 Å². The fourth-order valence-corrected chi connectivity index (χ4v) is 3.70. The van der Waals surface area contributed by atoms with Crippen LogP contribution in [0, 0.1) is 11.3 Å². The Hall–Kier alpha value is -4.03. The van der Waals surface area contributed by atoms with Gasteiger partial charge in [0.15, 0.2) is 11.5 Å². The number of carbonyl (C=O) groups is 1. The predicted molar refractivity (Wildman–Crippen MR) is 116 cm³/mol. The lowest BCUT2D eigenvalue weighted by atomic mass is 10.1. The standard InChI is InChI=1S/C21H17N7OS/c22-11-18-21(26-14-5-6-16-13(9-14)3-1-7-24-16)28-19(12-25-18)27-17(20(23)29)10-15-4-2-8-30-15/h1-9,12,17H,10H2,(H2,23,29)(H2,26,27,28). The number of hydrogen-bond donors (Lipinski definition) is 3. The molecule has 1 unspecified atom stereocenters. The summed E-state index contributed by atoms with van der Waals surface area (Å²) in [6.07, 6.45) is 3.59. The lowest BCUT2D eigenvalue weighted by Crippen LogP contribution is -2.37. The number of aromatic nitrogens is 3. The van der Waals surface area contributed by atoms with Gasteiger partial charge in [-0.15, -0.1) is 11.3 Å². The van der Waals surface area contributed by atoms with Gasteiger partial charge in [-0.2, -0.15) is 5.26 Å². The molecule has 0 aliphatic carbocycles. The van der Waals surface area contributed by atoms with Crippen LogP contribution in [0.4, 0.5) is 17.3 Å². The maximum atomic E-state index is 11.9. The maximum absolute atomic E-state index is 11.9. The molecule has 4 N–H and O–H groups in total. The number of nitrogens with one attached hydrogen (secondary N) is 2. The molecular formula is C21H17N7OS. The zero-order chi connectivity index (χ0) is 20.9. The largest absolute Gasteiger partial charge is 0.368 e. The first kappa shape index (κ1) is 19.3. The monoisotopic (exact) mass is 415 g/mol. The highest BCUT2D eigenvalue weighted by Gasteiger charge is 2.18. The Kier molecular flexibility index (Phi) is 5.50. The van der Waals surface area contributed by atoms with Crippen molar-refractivity contribution in [2.24, 2.45) is 5.73 Å². The summed E-state index contributed by atoms with van der Waals surface area (Å²) in [6.45, 7) is 0. The first-order valence-corrected chi connectivity index (χ1v) is 9.97. The van der Waals surface area contributed by atoms with Gasteiger partial charge in [-0.25, -0.2) is 9.97 Å². The van der Waals surface area contributed by atoms with Crippen LogP contribution in [0.3, 0.4) is 0 Å². The Morgan fingerprint density at radius 1 is 1.23 bits per heavy atom. The SMILES string of the molecule is N#Cc1ncc(NC(Cc2cccs2)C(N)=O)nc1Nc1ccc2ncccc2c1. The molecule has 8 nitrogen and oxygen atoms in total. The third kappa shape index (κ3) is 4.34. The van der Waals surface area contributed by atoms with Gasteiger partial charge < -0.3 is 16.4 Å². The molecule has 148 valence electrons. The first-order valence-electron chi connectivity index (χ1n) is 9.09. The van der Waals surface area contributed by atoms with Gasteiger partial charge in [-0.1, -0.05) is 12.1 Å². The summed E-state index contributed by atoms with van der Waals surface area (Å²) in [5, 5.41) is 18.4. The molecule has 0 fully saturated rings. The molecule has 0 saturated carbocycles. The van der Waals surface area contributed by atoms with E-state index in [9.17, 15) is 10.1 Å². The van der Waals surface area contributed by atoms with Crippen LogP contribution in [0.2, 0.25) is 0 Å². The molecule has 30 heavy (non-hydrogen) atoms. The van der Waals surface area contributed by atoms with Crippen LogP contribution in [-0.4, -0.2) is 26.9 Å². The zero-order valence-electron chi connectivity index (χ0n) is 15.7. The molecule has 3 heterocycles. The smallest absolute Gasteiger partial charge is 0.240 e. The first-order chi connectivity index (χ1) is 14.6. The van der Waals surface area contributed by atoms with E-state index in [4.69, 9.17) is 5.73 Å². The van der Waals surface area contributed by atoms with Crippen molar-refractivity contribution in [1.82, 2.24) is 15.0 Å². The van der Waals surface area contributed by atoms with Gasteiger partial charge in [0.25, 0.3) is 0 Å². The van der Waals surface area contributed by atoms with Gasteiger partial charge in [-0.3, -0.25) is 9.78 Å². The van der Waals surface area contributed by atoms with Crippen molar-refractivity contribution in [2.75, 3.05) is 10.6 Å². The number of primary amides is 1. The van der Waals surface area contributed by atoms with E-state index in [2.05, 4.69) is 25.6 Å². The quantitative estimate of drug-likeness (QED) is 0.422. The molecule has 4 rings (SSSR count). The number of benzene rings is 1. The average Bonchev–Trinajstić information content (AvgIpc) is 3.26. The van der Waals surface area contributed by atoms with E-state index >= 15 is 0 Å². The van der Waals surface area contributed by atoms with Crippen molar-refractivity contribution in [3.63, 3.8) is 0 Å². The Morgan fingerprint density at radius 3 is 2.90 bits per heavy atom. The molecule has 0 radical (unpaired) electrons. The number of hydrogen-bond acceptors (Lipinski definition) is 8. The topological polar surface area (TPSA) is 130 Å². The van der Waals surface area contributed by atoms with E-state index in [-0.39, 0.29) is 11.5 Å². The third-order valence-electron chi connectivity index (χ3n) is 4.40. The summed E-state index contributed by atoms with van der Waals surface area (Å²) in [5.41, 5.74) is 7.30. The van der Waals surface area contributed by atoms with Gasteiger partial charge in [0, 0.05) is 28.6 Å². The van der Waals surface area contributed by atoms with Crippen LogP contribution in [-0.2, 0) is 11.2 Å². The number of fused-ring (bicyclic) bond motifs is 1. The minimum absolute atomic E-state index is 0.140. The second-order valence-corrected chi connectivity index (χ2v) is 7.52. The summed E-state index contributed by atoms with van der Waals surface area (Å²) < 4.78 is 0. The Morgan fingerprint density at radius 2 is 2.13 bits per heavy atom. The number of rotatable bonds is 7. The van der Waals surface area contributed by atoms with Gasteiger partial charge in [0.1, 0.15) is 17.9 Å². The number of pyridine rings is 1. The Labute approximate surface area is 176 Å². The Bertz CT molecular complexity index is 1230. The number of amides is 1. The van der Waals surface area contributed by atoms with Crippen LogP contribution >= 0.6 is 11.3 Å². The number of carbonyl (C=O) groups excluding carboxylic acids is 1. The molecule has 0 spiro atoms. The number of nitriles is 1. The summed E-state index contributed by atoms with van der Waals surface area (Å²) in [6, 6.07) is 14.7. The van der Waals surface area contributed by atoms with E-state index in [1.807, 2.05) is 53.9 Å². The fraction of sp³-hybridized carbons (Fsp3) is 0.0952. The summed E-state index contributed by atoms with van der Waals surface area (Å²) in [7, 11) is 0. The molecule has 0 aliphatic heterocycles. The Balaban J connectivity index is 1.59. The highest BCUT2D eigenvalue weighted by molar-refractivity contribution is 7.09. The van der Waals surface area contributed by atoms with E-state index in [0.717, 1.165) is 21.5 Å². The van der Waals surface area contributed by atoms with Crippen molar-refractivity contribution in [3.05, 3.63) is 70.8 Å². The molecule has 4 aromatic rings. The fourth-order valence-electron chi connectivity index (χ4n) is 2.95. The van der Waals surface area contributed by atoms with Crippen LogP contribution in [0.5, 0.6) is 0 Å². The van der Waals surface area contributed by atoms with E-state index in [1.54, 1.807) is 17.5 Å². The van der Waals surface area contributed by atoms with Crippen molar-refractivity contribution < 1.29 is 4.79 Å². The number of thiophene rings is 1. The maximum Gasteiger partial charge on any atom is 0.240 e. The number of anilines is 3. The molecule has 1 amide bonds. The van der Waals surface area contributed by atoms with Gasteiger partial charge in [0.2, 0.25) is 5.91 Å². The number of nitrogens with two attached hydrogens (primary N) is 1. The van der Waals surface area contributed by atoms with Gasteiger partial charge >= 0.3 is 0 Å². The minimum Gasteiger partial charge on any atom is -0.368 e. The highest BCUT2D eigenvalue weighted by atomic mass is 32.1. The molecule has 0 saturated heterocycles. The van der Waals surface area contributed by atoms with Crippen LogP contribution < -0.4 is 16.4 Å². The van der Waals surface area contributed by atoms with Crippen LogP contribution in [0.1, 0.15) is 10.6 Å². The second kappa shape index (κ2) is 8.55.